The highest BCUT2D eigenvalue weighted by Crippen LogP contribution is 2.43. The van der Waals surface area contributed by atoms with Crippen molar-refractivity contribution in [1.29, 1.82) is 0 Å². The minimum Gasteiger partial charge on any atom is -0.314 e. The average molecular weight is 257 g/mol. The summed E-state index contributed by atoms with van der Waals surface area (Å²) >= 11 is 0. The minimum atomic E-state index is -4.24. The molecule has 0 saturated heterocycles. The van der Waals surface area contributed by atoms with Gasteiger partial charge in [0, 0.05) is 6.04 Å². The molecule has 1 aromatic rings. The summed E-state index contributed by atoms with van der Waals surface area (Å²) in [5.74, 6) is 0.0529. The van der Waals surface area contributed by atoms with Crippen LogP contribution in [0.1, 0.15) is 43.2 Å². The molecule has 0 unspecified atom stereocenters. The van der Waals surface area contributed by atoms with Crippen LogP contribution in [-0.2, 0) is 6.18 Å². The van der Waals surface area contributed by atoms with E-state index in [9.17, 15) is 13.2 Å². The molecule has 0 aromatic heterocycles. The van der Waals surface area contributed by atoms with Crippen LogP contribution >= 0.6 is 0 Å². The Kier molecular flexibility index (Phi) is 3.95. The van der Waals surface area contributed by atoms with Crippen LogP contribution in [0, 0.1) is 0 Å². The van der Waals surface area contributed by atoms with Crippen LogP contribution in [0.2, 0.25) is 0 Å². The Hall–Kier alpha value is -1.03. The van der Waals surface area contributed by atoms with Gasteiger partial charge in [0.25, 0.3) is 0 Å². The predicted octanol–water partition coefficient (Wildman–Crippen LogP) is 3.95. The molecule has 1 nitrogen and oxygen atoms in total. The summed E-state index contributed by atoms with van der Waals surface area (Å²) in [7, 11) is 0. The SMILES string of the molecule is CCCNC1CC(c2ccccc2C(F)(F)F)C1. The van der Waals surface area contributed by atoms with E-state index in [0.717, 1.165) is 25.8 Å². The third-order valence-electron chi connectivity index (χ3n) is 3.53. The second kappa shape index (κ2) is 5.31. The Bertz CT molecular complexity index is 394. The first-order valence-electron chi connectivity index (χ1n) is 6.42. The summed E-state index contributed by atoms with van der Waals surface area (Å²) in [6, 6.07) is 6.33. The second-order valence-corrected chi connectivity index (χ2v) is 4.90. The Morgan fingerprint density at radius 2 is 1.89 bits per heavy atom. The molecule has 2 rings (SSSR count). The summed E-state index contributed by atoms with van der Waals surface area (Å²) in [4.78, 5) is 0. The Labute approximate surface area is 105 Å². The third-order valence-corrected chi connectivity index (χ3v) is 3.53. The van der Waals surface area contributed by atoms with Crippen molar-refractivity contribution in [2.45, 2.75) is 44.3 Å². The van der Waals surface area contributed by atoms with Crippen LogP contribution < -0.4 is 5.32 Å². The van der Waals surface area contributed by atoms with Crippen molar-refractivity contribution < 1.29 is 13.2 Å². The van der Waals surface area contributed by atoms with Crippen LogP contribution in [0.4, 0.5) is 13.2 Å². The van der Waals surface area contributed by atoms with Gasteiger partial charge in [-0.15, -0.1) is 0 Å². The fraction of sp³-hybridized carbons (Fsp3) is 0.571. The molecule has 0 aliphatic heterocycles. The lowest BCUT2D eigenvalue weighted by Gasteiger charge is -2.37. The number of alkyl halides is 3. The fourth-order valence-corrected chi connectivity index (χ4v) is 2.50. The molecular weight excluding hydrogens is 239 g/mol. The largest absolute Gasteiger partial charge is 0.416 e. The van der Waals surface area contributed by atoms with Gasteiger partial charge in [-0.3, -0.25) is 0 Å². The second-order valence-electron chi connectivity index (χ2n) is 4.90. The summed E-state index contributed by atoms with van der Waals surface area (Å²) in [5.41, 5.74) is -0.0107. The number of hydrogen-bond donors (Lipinski definition) is 1. The van der Waals surface area contributed by atoms with Gasteiger partial charge in [0.05, 0.1) is 5.56 Å². The van der Waals surface area contributed by atoms with E-state index < -0.39 is 11.7 Å². The van der Waals surface area contributed by atoms with Gasteiger partial charge in [0.2, 0.25) is 0 Å². The molecule has 18 heavy (non-hydrogen) atoms. The molecule has 1 aromatic carbocycles. The van der Waals surface area contributed by atoms with Crippen molar-refractivity contribution in [1.82, 2.24) is 5.32 Å². The number of hydrogen-bond acceptors (Lipinski definition) is 1. The van der Waals surface area contributed by atoms with E-state index in [1.54, 1.807) is 12.1 Å². The van der Waals surface area contributed by atoms with Gasteiger partial charge in [0.1, 0.15) is 0 Å². The first-order valence-corrected chi connectivity index (χ1v) is 6.42. The molecule has 1 aliphatic rings. The molecule has 0 radical (unpaired) electrons. The lowest BCUT2D eigenvalue weighted by atomic mass is 9.74. The monoisotopic (exact) mass is 257 g/mol. The number of halogens is 3. The van der Waals surface area contributed by atoms with E-state index in [0.29, 0.717) is 11.6 Å². The molecule has 0 heterocycles. The van der Waals surface area contributed by atoms with Gasteiger partial charge in [-0.2, -0.15) is 13.2 Å². The van der Waals surface area contributed by atoms with Crippen LogP contribution in [0.5, 0.6) is 0 Å². The van der Waals surface area contributed by atoms with Gasteiger partial charge in [-0.1, -0.05) is 25.1 Å². The lowest BCUT2D eigenvalue weighted by molar-refractivity contribution is -0.138. The highest BCUT2D eigenvalue weighted by atomic mass is 19.4. The zero-order valence-corrected chi connectivity index (χ0v) is 10.4. The molecule has 100 valence electrons. The zero-order chi connectivity index (χ0) is 13.2. The minimum absolute atomic E-state index is 0.0529. The van der Waals surface area contributed by atoms with Crippen LogP contribution in [0.3, 0.4) is 0 Å². The van der Waals surface area contributed by atoms with E-state index in [-0.39, 0.29) is 5.92 Å². The number of benzene rings is 1. The normalized spacial score (nSPS) is 23.8. The highest BCUT2D eigenvalue weighted by Gasteiger charge is 2.38. The van der Waals surface area contributed by atoms with Crippen LogP contribution in [0.25, 0.3) is 0 Å². The maximum atomic E-state index is 12.9. The topological polar surface area (TPSA) is 12.0 Å². The molecular formula is C14H18F3N. The van der Waals surface area contributed by atoms with Crippen molar-refractivity contribution in [2.75, 3.05) is 6.54 Å². The predicted molar refractivity (Wildman–Crippen MR) is 65.5 cm³/mol. The van der Waals surface area contributed by atoms with E-state index in [4.69, 9.17) is 0 Å². The fourth-order valence-electron chi connectivity index (χ4n) is 2.50. The van der Waals surface area contributed by atoms with Gasteiger partial charge in [-0.05, 0) is 43.4 Å². The molecule has 1 saturated carbocycles. The number of rotatable bonds is 4. The molecule has 1 aliphatic carbocycles. The Morgan fingerprint density at radius 3 is 2.50 bits per heavy atom. The number of nitrogens with one attached hydrogen (secondary N) is 1. The van der Waals surface area contributed by atoms with Gasteiger partial charge < -0.3 is 5.32 Å². The summed E-state index contributed by atoms with van der Waals surface area (Å²) < 4.78 is 38.6. The standard InChI is InChI=1S/C14H18F3N/c1-2-7-18-11-8-10(9-11)12-5-3-4-6-13(12)14(15,16)17/h3-6,10-11,18H,2,7-9H2,1H3. The first-order chi connectivity index (χ1) is 8.52. The average Bonchev–Trinajstić information content (AvgIpc) is 2.26. The Morgan fingerprint density at radius 1 is 1.22 bits per heavy atom. The zero-order valence-electron chi connectivity index (χ0n) is 10.4. The Balaban J connectivity index is 2.03. The van der Waals surface area contributed by atoms with Crippen LogP contribution in [0.15, 0.2) is 24.3 Å². The first kappa shape index (κ1) is 13.4. The molecule has 1 N–H and O–H groups in total. The van der Waals surface area contributed by atoms with Crippen molar-refractivity contribution in [2.24, 2.45) is 0 Å². The lowest BCUT2D eigenvalue weighted by Crippen LogP contribution is -2.40. The molecule has 0 spiro atoms. The van der Waals surface area contributed by atoms with Gasteiger partial charge >= 0.3 is 6.18 Å². The van der Waals surface area contributed by atoms with Crippen molar-refractivity contribution in [3.63, 3.8) is 0 Å². The third kappa shape index (κ3) is 2.86. The van der Waals surface area contributed by atoms with E-state index in [2.05, 4.69) is 12.2 Å². The molecule has 4 heteroatoms. The quantitative estimate of drug-likeness (QED) is 0.861. The molecule has 0 bridgehead atoms. The van der Waals surface area contributed by atoms with Crippen molar-refractivity contribution in [3.05, 3.63) is 35.4 Å². The van der Waals surface area contributed by atoms with E-state index in [1.807, 2.05) is 0 Å². The van der Waals surface area contributed by atoms with Gasteiger partial charge in [-0.25, -0.2) is 0 Å². The van der Waals surface area contributed by atoms with Crippen molar-refractivity contribution in [3.8, 4) is 0 Å². The van der Waals surface area contributed by atoms with Crippen LogP contribution in [-0.4, -0.2) is 12.6 Å². The summed E-state index contributed by atoms with van der Waals surface area (Å²) in [6.07, 6.45) is -1.56. The molecule has 1 fully saturated rings. The van der Waals surface area contributed by atoms with E-state index >= 15 is 0 Å². The smallest absolute Gasteiger partial charge is 0.314 e. The molecule has 0 atom stereocenters. The highest BCUT2D eigenvalue weighted by molar-refractivity contribution is 5.34. The maximum Gasteiger partial charge on any atom is 0.416 e. The summed E-state index contributed by atoms with van der Waals surface area (Å²) in [6.45, 7) is 3.03. The molecule has 0 amide bonds. The summed E-state index contributed by atoms with van der Waals surface area (Å²) in [5, 5.41) is 3.35. The van der Waals surface area contributed by atoms with Crippen molar-refractivity contribution >= 4 is 0 Å². The maximum absolute atomic E-state index is 12.9. The van der Waals surface area contributed by atoms with E-state index in [1.165, 1.54) is 12.1 Å². The van der Waals surface area contributed by atoms with Gasteiger partial charge in [0.15, 0.2) is 0 Å².